The van der Waals surface area contributed by atoms with Crippen LogP contribution in [0.5, 0.6) is 0 Å². The summed E-state index contributed by atoms with van der Waals surface area (Å²) in [5, 5.41) is 12.3. The number of hydrogen-bond acceptors (Lipinski definition) is 6. The molecule has 7 heteroatoms. The Balaban J connectivity index is 2.70. The highest BCUT2D eigenvalue weighted by molar-refractivity contribution is 6.17. The van der Waals surface area contributed by atoms with Crippen molar-refractivity contribution in [2.75, 3.05) is 27.2 Å². The summed E-state index contributed by atoms with van der Waals surface area (Å²) in [5.41, 5.74) is -0.179. The monoisotopic (exact) mass is 214 g/mol. The molecule has 1 aliphatic heterocycles. The Morgan fingerprint density at radius 3 is 2.27 bits per heavy atom. The van der Waals surface area contributed by atoms with Crippen LogP contribution in [0.1, 0.15) is 0 Å². The molecule has 7 nitrogen and oxygen atoms in total. The van der Waals surface area contributed by atoms with Crippen molar-refractivity contribution in [3.8, 4) is 0 Å². The van der Waals surface area contributed by atoms with E-state index in [2.05, 4.69) is 0 Å². The molecule has 4 N–H and O–H groups in total. The number of nitrogens with two attached hydrogens (primary N) is 1. The molecule has 0 aromatic rings. The van der Waals surface area contributed by atoms with Crippen LogP contribution in [-0.2, 0) is 9.59 Å². The van der Waals surface area contributed by atoms with Crippen molar-refractivity contribution < 1.29 is 14.7 Å². The summed E-state index contributed by atoms with van der Waals surface area (Å²) in [6, 6.07) is 0. The molecule has 1 aliphatic rings. The third-order valence-corrected chi connectivity index (χ3v) is 1.96. The molecular formula is C8H14N4O3. The van der Waals surface area contributed by atoms with Gasteiger partial charge in [-0.2, -0.15) is 0 Å². The number of carbonyl (C=O) groups is 2. The van der Waals surface area contributed by atoms with E-state index in [1.54, 1.807) is 0 Å². The minimum absolute atomic E-state index is 0.179. The van der Waals surface area contributed by atoms with Crippen LogP contribution in [0.15, 0.2) is 11.5 Å². The van der Waals surface area contributed by atoms with Gasteiger partial charge >= 0.3 is 0 Å². The van der Waals surface area contributed by atoms with E-state index in [1.807, 2.05) is 24.3 Å². The Labute approximate surface area is 87.1 Å². The summed E-state index contributed by atoms with van der Waals surface area (Å²) in [6.45, 7) is 0.946. The summed E-state index contributed by atoms with van der Waals surface area (Å²) in [6.07, 6.45) is 0. The second-order valence-electron chi connectivity index (χ2n) is 3.48. The minimum Gasteiger partial charge on any atom is -0.501 e. The van der Waals surface area contributed by atoms with Gasteiger partial charge in [-0.15, -0.1) is 0 Å². The lowest BCUT2D eigenvalue weighted by molar-refractivity contribution is -0.125. The summed E-state index contributed by atoms with van der Waals surface area (Å²) < 4.78 is 0. The number of nitrogens with zero attached hydrogens (tertiary/aromatic N) is 2. The van der Waals surface area contributed by atoms with Gasteiger partial charge < -0.3 is 15.0 Å². The van der Waals surface area contributed by atoms with Crippen LogP contribution in [0, 0.1) is 0 Å². The molecule has 0 aliphatic carbocycles. The lowest BCUT2D eigenvalue weighted by atomic mass is 10.3. The Morgan fingerprint density at radius 1 is 1.27 bits per heavy atom. The third kappa shape index (κ3) is 2.45. The van der Waals surface area contributed by atoms with E-state index in [4.69, 9.17) is 5.84 Å². The first-order valence-corrected chi connectivity index (χ1v) is 4.39. The number of aliphatic hydroxyl groups excluding tert-OH is 1. The molecule has 0 saturated heterocycles. The zero-order valence-electron chi connectivity index (χ0n) is 8.65. The van der Waals surface area contributed by atoms with Gasteiger partial charge in [0.15, 0.2) is 5.70 Å². The second-order valence-corrected chi connectivity index (χ2v) is 3.48. The molecule has 0 bridgehead atoms. The van der Waals surface area contributed by atoms with E-state index >= 15 is 0 Å². The van der Waals surface area contributed by atoms with Crippen LogP contribution in [0.2, 0.25) is 0 Å². The number of rotatable bonds is 4. The molecule has 0 atom stereocenters. The van der Waals surface area contributed by atoms with Gasteiger partial charge in [-0.05, 0) is 14.1 Å². The van der Waals surface area contributed by atoms with Gasteiger partial charge in [-0.3, -0.25) is 14.9 Å². The predicted octanol–water partition coefficient (Wildman–Crippen LogP) is -1.85. The Hall–Kier alpha value is -1.60. The molecule has 84 valence electrons. The van der Waals surface area contributed by atoms with Gasteiger partial charge in [-0.1, -0.05) is 0 Å². The summed E-state index contributed by atoms with van der Waals surface area (Å²) >= 11 is 0. The Bertz CT molecular complexity index is 324. The number of aliphatic hydroxyl groups is 1. The fourth-order valence-corrected chi connectivity index (χ4v) is 1.12. The van der Waals surface area contributed by atoms with Crippen molar-refractivity contribution in [1.82, 2.24) is 15.2 Å². The Morgan fingerprint density at radius 2 is 1.87 bits per heavy atom. The maximum atomic E-state index is 11.2. The normalized spacial score (nSPS) is 16.3. The zero-order chi connectivity index (χ0) is 11.6. The van der Waals surface area contributed by atoms with Crippen LogP contribution in [0.25, 0.3) is 0 Å². The fourth-order valence-electron chi connectivity index (χ4n) is 1.12. The minimum atomic E-state index is -0.810. The number of imide groups is 1. The summed E-state index contributed by atoms with van der Waals surface area (Å²) in [4.78, 5) is 24.0. The first-order chi connectivity index (χ1) is 6.93. The number of likely N-dealkylation sites (N-methyl/N-ethyl adjacent to an activating group) is 1. The molecule has 0 fully saturated rings. The van der Waals surface area contributed by atoms with Crippen LogP contribution >= 0.6 is 0 Å². The maximum Gasteiger partial charge on any atom is 0.295 e. The Kier molecular flexibility index (Phi) is 3.28. The van der Waals surface area contributed by atoms with E-state index in [-0.39, 0.29) is 5.70 Å². The highest BCUT2D eigenvalue weighted by atomic mass is 16.3. The number of hydrazine groups is 1. The molecule has 1 heterocycles. The van der Waals surface area contributed by atoms with E-state index in [0.717, 1.165) is 5.01 Å². The molecule has 0 spiro atoms. The number of carbonyl (C=O) groups excluding carboxylic acids is 2. The second kappa shape index (κ2) is 4.28. The number of nitrogens with one attached hydrogen (secondary N) is 1. The number of hydrogen-bond donors (Lipinski definition) is 3. The highest BCUT2D eigenvalue weighted by Gasteiger charge is 2.33. The molecular weight excluding hydrogens is 200 g/mol. The molecule has 0 aromatic carbocycles. The van der Waals surface area contributed by atoms with Gasteiger partial charge in [-0.25, -0.2) is 5.84 Å². The van der Waals surface area contributed by atoms with Gasteiger partial charge in [0.05, 0.1) is 0 Å². The standard InChI is InChI=1S/C8H14N4O3/c1-11(2)3-4-12(9)5-6(13)8(15)10-7(5)14/h3-4,9H2,1-2H3,(H2,10,13,14,15). The third-order valence-electron chi connectivity index (χ3n) is 1.96. The SMILES string of the molecule is CN(C)CCN(N)C1=C(O)C(=O)NC1=O. The lowest BCUT2D eigenvalue weighted by Gasteiger charge is -2.20. The van der Waals surface area contributed by atoms with Gasteiger partial charge in [0.1, 0.15) is 0 Å². The smallest absolute Gasteiger partial charge is 0.295 e. The molecule has 0 unspecified atom stereocenters. The van der Waals surface area contributed by atoms with Crippen molar-refractivity contribution >= 4 is 11.8 Å². The van der Waals surface area contributed by atoms with Gasteiger partial charge in [0, 0.05) is 13.1 Å². The first-order valence-electron chi connectivity index (χ1n) is 4.39. The summed E-state index contributed by atoms with van der Waals surface area (Å²) in [7, 11) is 3.70. The largest absolute Gasteiger partial charge is 0.501 e. The quantitative estimate of drug-likeness (QED) is 0.289. The van der Waals surface area contributed by atoms with E-state index < -0.39 is 17.6 Å². The fraction of sp³-hybridized carbons (Fsp3) is 0.500. The summed E-state index contributed by atoms with van der Waals surface area (Å²) in [5.74, 6) is 3.44. The van der Waals surface area contributed by atoms with Crippen LogP contribution < -0.4 is 11.2 Å². The topological polar surface area (TPSA) is 98.9 Å². The molecule has 0 aromatic heterocycles. The molecule has 0 saturated carbocycles. The zero-order valence-corrected chi connectivity index (χ0v) is 8.65. The molecule has 1 rings (SSSR count). The van der Waals surface area contributed by atoms with Gasteiger partial charge in [0.2, 0.25) is 5.76 Å². The van der Waals surface area contributed by atoms with E-state index in [9.17, 15) is 14.7 Å². The highest BCUT2D eigenvalue weighted by Crippen LogP contribution is 2.11. The molecule has 15 heavy (non-hydrogen) atoms. The van der Waals surface area contributed by atoms with Crippen molar-refractivity contribution in [1.29, 1.82) is 0 Å². The van der Waals surface area contributed by atoms with Crippen molar-refractivity contribution in [2.45, 2.75) is 0 Å². The predicted molar refractivity (Wildman–Crippen MR) is 52.3 cm³/mol. The van der Waals surface area contributed by atoms with Crippen molar-refractivity contribution in [3.05, 3.63) is 11.5 Å². The maximum absolute atomic E-state index is 11.2. The average molecular weight is 214 g/mol. The van der Waals surface area contributed by atoms with Crippen LogP contribution in [0.3, 0.4) is 0 Å². The number of amides is 2. The van der Waals surface area contributed by atoms with E-state index in [1.165, 1.54) is 0 Å². The van der Waals surface area contributed by atoms with Crippen molar-refractivity contribution in [2.24, 2.45) is 5.84 Å². The molecule has 2 amide bonds. The van der Waals surface area contributed by atoms with Crippen LogP contribution in [-0.4, -0.2) is 54.0 Å². The molecule has 0 radical (unpaired) electrons. The van der Waals surface area contributed by atoms with Crippen molar-refractivity contribution in [3.63, 3.8) is 0 Å². The van der Waals surface area contributed by atoms with Gasteiger partial charge in [0.25, 0.3) is 11.8 Å². The average Bonchev–Trinajstić information content (AvgIpc) is 2.37. The van der Waals surface area contributed by atoms with Crippen LogP contribution in [0.4, 0.5) is 0 Å². The van der Waals surface area contributed by atoms with E-state index in [0.29, 0.717) is 13.1 Å². The lowest BCUT2D eigenvalue weighted by Crippen LogP contribution is -2.40. The first kappa shape index (κ1) is 11.5.